The van der Waals surface area contributed by atoms with Crippen molar-refractivity contribution in [3.8, 4) is 0 Å². The molecule has 0 aliphatic heterocycles. The van der Waals surface area contributed by atoms with Crippen LogP contribution in [0, 0.1) is 5.92 Å². The topological polar surface area (TPSA) is 0 Å². The van der Waals surface area contributed by atoms with E-state index in [2.05, 4.69) is 34.2 Å². The molecule has 0 spiro atoms. The summed E-state index contributed by atoms with van der Waals surface area (Å²) < 4.78 is 0. The maximum atomic E-state index is 3.57. The lowest BCUT2D eigenvalue weighted by Crippen LogP contribution is -2.14. The molecule has 0 nitrogen and oxygen atoms in total. The first-order chi connectivity index (χ1) is 5.36. The van der Waals surface area contributed by atoms with Gasteiger partial charge in [-0.05, 0) is 30.8 Å². The number of hydrogen-bond donors (Lipinski definition) is 0. The normalized spacial score (nSPS) is 31.4. The summed E-state index contributed by atoms with van der Waals surface area (Å²) >= 11 is 3.57. The number of rotatable bonds is 1. The number of hydrogen-bond acceptors (Lipinski definition) is 0. The van der Waals surface area contributed by atoms with Crippen LogP contribution in [-0.2, 0) is 0 Å². The SMILES string of the molecule is Br[C@@H]1C=CC(C2CCC2)=CC1. The Kier molecular flexibility index (Phi) is 2.17. The molecule has 60 valence electrons. The maximum Gasteiger partial charge on any atom is 0.0363 e. The summed E-state index contributed by atoms with van der Waals surface area (Å²) in [5.74, 6) is 0.909. The van der Waals surface area contributed by atoms with Crippen molar-refractivity contribution in [1.29, 1.82) is 0 Å². The van der Waals surface area contributed by atoms with Gasteiger partial charge in [-0.25, -0.2) is 0 Å². The summed E-state index contributed by atoms with van der Waals surface area (Å²) in [6.07, 6.45) is 12.4. The van der Waals surface area contributed by atoms with Crippen molar-refractivity contribution >= 4 is 15.9 Å². The van der Waals surface area contributed by atoms with Crippen molar-refractivity contribution < 1.29 is 0 Å². The molecule has 0 radical (unpaired) electrons. The Balaban J connectivity index is 1.99. The van der Waals surface area contributed by atoms with Crippen LogP contribution in [0.3, 0.4) is 0 Å². The van der Waals surface area contributed by atoms with Gasteiger partial charge in [0.05, 0.1) is 0 Å². The Morgan fingerprint density at radius 3 is 2.64 bits per heavy atom. The zero-order valence-electron chi connectivity index (χ0n) is 6.59. The molecule has 0 aromatic carbocycles. The van der Waals surface area contributed by atoms with E-state index < -0.39 is 0 Å². The Morgan fingerprint density at radius 1 is 1.36 bits per heavy atom. The molecule has 0 amide bonds. The van der Waals surface area contributed by atoms with Crippen LogP contribution >= 0.6 is 15.9 Å². The summed E-state index contributed by atoms with van der Waals surface area (Å²) in [7, 11) is 0. The minimum absolute atomic E-state index is 0.589. The third-order valence-electron chi connectivity index (χ3n) is 2.65. The second-order valence-corrected chi connectivity index (χ2v) is 4.62. The van der Waals surface area contributed by atoms with Crippen LogP contribution in [0.5, 0.6) is 0 Å². The third-order valence-corrected chi connectivity index (χ3v) is 3.33. The second kappa shape index (κ2) is 3.14. The Labute approximate surface area is 76.5 Å². The summed E-state index contributed by atoms with van der Waals surface area (Å²) in [5, 5.41) is 0. The third kappa shape index (κ3) is 1.58. The molecule has 0 heterocycles. The molecule has 2 aliphatic carbocycles. The van der Waals surface area contributed by atoms with Crippen molar-refractivity contribution in [2.75, 3.05) is 0 Å². The molecule has 11 heavy (non-hydrogen) atoms. The average molecular weight is 213 g/mol. The lowest BCUT2D eigenvalue weighted by atomic mass is 9.78. The molecular weight excluding hydrogens is 200 g/mol. The van der Waals surface area contributed by atoms with Gasteiger partial charge >= 0.3 is 0 Å². The molecule has 2 aliphatic rings. The highest BCUT2D eigenvalue weighted by molar-refractivity contribution is 9.09. The first-order valence-electron chi connectivity index (χ1n) is 4.38. The number of allylic oxidation sites excluding steroid dienone is 4. The molecule has 1 heteroatoms. The molecule has 1 atom stereocenters. The van der Waals surface area contributed by atoms with E-state index >= 15 is 0 Å². The molecule has 0 saturated heterocycles. The molecule has 0 aromatic heterocycles. The van der Waals surface area contributed by atoms with E-state index in [1.54, 1.807) is 5.57 Å². The molecule has 0 unspecified atom stereocenters. The zero-order chi connectivity index (χ0) is 7.68. The molecule has 1 saturated carbocycles. The van der Waals surface area contributed by atoms with Crippen LogP contribution in [-0.4, -0.2) is 4.83 Å². The zero-order valence-corrected chi connectivity index (χ0v) is 8.18. The lowest BCUT2D eigenvalue weighted by molar-refractivity contribution is 0.372. The minimum atomic E-state index is 0.589. The molecule has 0 bridgehead atoms. The van der Waals surface area contributed by atoms with E-state index in [-0.39, 0.29) is 0 Å². The fourth-order valence-electron chi connectivity index (χ4n) is 1.66. The van der Waals surface area contributed by atoms with Gasteiger partial charge in [-0.1, -0.05) is 40.6 Å². The van der Waals surface area contributed by atoms with Gasteiger partial charge in [0.2, 0.25) is 0 Å². The average Bonchev–Trinajstić information content (AvgIpc) is 1.90. The smallest absolute Gasteiger partial charge is 0.0363 e. The Morgan fingerprint density at radius 2 is 2.18 bits per heavy atom. The highest BCUT2D eigenvalue weighted by Crippen LogP contribution is 2.35. The first-order valence-corrected chi connectivity index (χ1v) is 5.30. The molecule has 1 fully saturated rings. The van der Waals surface area contributed by atoms with Crippen molar-refractivity contribution in [2.24, 2.45) is 5.92 Å². The fourth-order valence-corrected chi connectivity index (χ4v) is 1.99. The highest BCUT2D eigenvalue weighted by Gasteiger charge is 2.21. The monoisotopic (exact) mass is 212 g/mol. The summed E-state index contributed by atoms with van der Waals surface area (Å²) in [4.78, 5) is 0.589. The first kappa shape index (κ1) is 7.60. The van der Waals surface area contributed by atoms with Gasteiger partial charge in [-0.15, -0.1) is 0 Å². The lowest BCUT2D eigenvalue weighted by Gasteiger charge is -2.28. The largest absolute Gasteiger partial charge is 0.0842 e. The minimum Gasteiger partial charge on any atom is -0.0842 e. The quantitative estimate of drug-likeness (QED) is 0.585. The summed E-state index contributed by atoms with van der Waals surface area (Å²) in [6.45, 7) is 0. The van der Waals surface area contributed by atoms with Crippen LogP contribution in [0.15, 0.2) is 23.8 Å². The van der Waals surface area contributed by atoms with Crippen LogP contribution in [0.4, 0.5) is 0 Å². The Bertz CT molecular complexity index is 199. The fraction of sp³-hybridized carbons (Fsp3) is 0.600. The van der Waals surface area contributed by atoms with Crippen LogP contribution in [0.2, 0.25) is 0 Å². The van der Waals surface area contributed by atoms with E-state index in [0.29, 0.717) is 4.83 Å². The van der Waals surface area contributed by atoms with Gasteiger partial charge in [-0.2, -0.15) is 0 Å². The molecule has 0 aromatic rings. The van der Waals surface area contributed by atoms with Crippen LogP contribution < -0.4 is 0 Å². The van der Waals surface area contributed by atoms with Gasteiger partial charge in [-0.3, -0.25) is 0 Å². The van der Waals surface area contributed by atoms with Gasteiger partial charge in [0.15, 0.2) is 0 Å². The van der Waals surface area contributed by atoms with Crippen molar-refractivity contribution in [1.82, 2.24) is 0 Å². The summed E-state index contributed by atoms with van der Waals surface area (Å²) in [6, 6.07) is 0. The van der Waals surface area contributed by atoms with Crippen molar-refractivity contribution in [2.45, 2.75) is 30.5 Å². The van der Waals surface area contributed by atoms with Gasteiger partial charge in [0.25, 0.3) is 0 Å². The number of alkyl halides is 1. The molecule has 0 N–H and O–H groups in total. The highest BCUT2D eigenvalue weighted by atomic mass is 79.9. The van der Waals surface area contributed by atoms with Gasteiger partial charge in [0, 0.05) is 4.83 Å². The molecule has 2 rings (SSSR count). The van der Waals surface area contributed by atoms with Crippen molar-refractivity contribution in [3.05, 3.63) is 23.8 Å². The standard InChI is InChI=1S/C10H13Br/c11-10-6-4-9(5-7-10)8-2-1-3-8/h4-6,8,10H,1-3,7H2/t10-/m1/s1. The second-order valence-electron chi connectivity index (χ2n) is 3.44. The van der Waals surface area contributed by atoms with E-state index in [1.165, 1.54) is 25.7 Å². The predicted octanol–water partition coefficient (Wildman–Crippen LogP) is 3.44. The Hall–Kier alpha value is -0.0400. The van der Waals surface area contributed by atoms with Crippen molar-refractivity contribution in [3.63, 3.8) is 0 Å². The van der Waals surface area contributed by atoms with Gasteiger partial charge < -0.3 is 0 Å². The van der Waals surface area contributed by atoms with E-state index in [1.807, 2.05) is 0 Å². The van der Waals surface area contributed by atoms with E-state index in [9.17, 15) is 0 Å². The van der Waals surface area contributed by atoms with E-state index in [4.69, 9.17) is 0 Å². The van der Waals surface area contributed by atoms with Gasteiger partial charge in [0.1, 0.15) is 0 Å². The predicted molar refractivity (Wildman–Crippen MR) is 51.9 cm³/mol. The molecular formula is C10H13Br. The van der Waals surface area contributed by atoms with Crippen LogP contribution in [0.1, 0.15) is 25.7 Å². The summed E-state index contributed by atoms with van der Waals surface area (Å²) in [5.41, 5.74) is 1.59. The van der Waals surface area contributed by atoms with Crippen LogP contribution in [0.25, 0.3) is 0 Å². The number of halogens is 1. The van der Waals surface area contributed by atoms with E-state index in [0.717, 1.165) is 5.92 Å². The maximum absolute atomic E-state index is 3.57.